The predicted molar refractivity (Wildman–Crippen MR) is 71.7 cm³/mol. The van der Waals surface area contributed by atoms with E-state index >= 15 is 0 Å². The average Bonchev–Trinajstić information content (AvgIpc) is 2.63. The third-order valence-electron chi connectivity index (χ3n) is 2.52. The molecule has 1 aromatic heterocycles. The molecule has 0 bridgehead atoms. The average molecular weight is 251 g/mol. The minimum atomic E-state index is 0.628. The van der Waals surface area contributed by atoms with Gasteiger partial charge in [-0.15, -0.1) is 0 Å². The van der Waals surface area contributed by atoms with Crippen molar-refractivity contribution in [1.29, 1.82) is 0 Å². The maximum atomic E-state index is 5.89. The van der Waals surface area contributed by atoms with E-state index < -0.39 is 0 Å². The fourth-order valence-corrected chi connectivity index (χ4v) is 1.87. The van der Waals surface area contributed by atoms with Gasteiger partial charge >= 0.3 is 0 Å². The Morgan fingerprint density at radius 3 is 2.82 bits per heavy atom. The molecule has 90 valence electrons. The molecule has 3 N–H and O–H groups in total. The molecule has 0 aliphatic heterocycles. The van der Waals surface area contributed by atoms with Crippen LogP contribution >= 0.6 is 11.6 Å². The van der Waals surface area contributed by atoms with Crippen LogP contribution in [0.3, 0.4) is 0 Å². The van der Waals surface area contributed by atoms with Crippen LogP contribution in [0.4, 0.5) is 17.1 Å². The number of hydrogen-bond acceptors (Lipinski definition) is 3. The second kappa shape index (κ2) is 4.67. The number of nitrogens with zero attached hydrogens (tertiary/aromatic N) is 2. The normalized spacial score (nSPS) is 10.5. The van der Waals surface area contributed by atoms with Crippen molar-refractivity contribution in [3.63, 3.8) is 0 Å². The number of aromatic nitrogens is 2. The summed E-state index contributed by atoms with van der Waals surface area (Å²) in [6.07, 6.45) is 2.81. The van der Waals surface area contributed by atoms with Gasteiger partial charge in [-0.1, -0.05) is 18.5 Å². The van der Waals surface area contributed by atoms with Gasteiger partial charge in [0.1, 0.15) is 0 Å². The number of rotatable bonds is 3. The first-order valence-corrected chi connectivity index (χ1v) is 5.82. The van der Waals surface area contributed by atoms with E-state index in [-0.39, 0.29) is 0 Å². The minimum Gasteiger partial charge on any atom is -0.397 e. The van der Waals surface area contributed by atoms with Gasteiger partial charge in [0.25, 0.3) is 0 Å². The van der Waals surface area contributed by atoms with E-state index in [0.29, 0.717) is 10.7 Å². The van der Waals surface area contributed by atoms with Gasteiger partial charge in [-0.25, -0.2) is 0 Å². The SMILES string of the molecule is CCc1nn(C)cc1Nc1ccc(Cl)cc1N. The van der Waals surface area contributed by atoms with Crippen LogP contribution < -0.4 is 11.1 Å². The van der Waals surface area contributed by atoms with Gasteiger partial charge in [-0.3, -0.25) is 4.68 Å². The number of nitrogen functional groups attached to an aromatic ring is 1. The summed E-state index contributed by atoms with van der Waals surface area (Å²) in [4.78, 5) is 0. The number of benzene rings is 1. The summed E-state index contributed by atoms with van der Waals surface area (Å²) in [5, 5.41) is 8.27. The first kappa shape index (κ1) is 11.8. The summed E-state index contributed by atoms with van der Waals surface area (Å²) in [5.74, 6) is 0. The van der Waals surface area contributed by atoms with Crippen LogP contribution in [0.25, 0.3) is 0 Å². The smallest absolute Gasteiger partial charge is 0.0856 e. The molecule has 1 heterocycles. The van der Waals surface area contributed by atoms with E-state index in [9.17, 15) is 0 Å². The van der Waals surface area contributed by atoms with Gasteiger partial charge in [-0.05, 0) is 24.6 Å². The number of anilines is 3. The van der Waals surface area contributed by atoms with Crippen molar-refractivity contribution in [2.24, 2.45) is 7.05 Å². The fraction of sp³-hybridized carbons (Fsp3) is 0.250. The lowest BCUT2D eigenvalue weighted by Crippen LogP contribution is -1.97. The highest BCUT2D eigenvalue weighted by Crippen LogP contribution is 2.27. The fourth-order valence-electron chi connectivity index (χ4n) is 1.69. The molecule has 17 heavy (non-hydrogen) atoms. The summed E-state index contributed by atoms with van der Waals surface area (Å²) >= 11 is 5.86. The lowest BCUT2D eigenvalue weighted by atomic mass is 10.2. The van der Waals surface area contributed by atoms with Gasteiger partial charge in [-0.2, -0.15) is 5.10 Å². The van der Waals surface area contributed by atoms with Gasteiger partial charge < -0.3 is 11.1 Å². The van der Waals surface area contributed by atoms with E-state index in [1.807, 2.05) is 25.4 Å². The van der Waals surface area contributed by atoms with Crippen LogP contribution in [-0.2, 0) is 13.5 Å². The van der Waals surface area contributed by atoms with Crippen LogP contribution in [0.15, 0.2) is 24.4 Å². The van der Waals surface area contributed by atoms with E-state index in [4.69, 9.17) is 17.3 Å². The van der Waals surface area contributed by atoms with Crippen LogP contribution in [-0.4, -0.2) is 9.78 Å². The van der Waals surface area contributed by atoms with Crippen LogP contribution in [0.1, 0.15) is 12.6 Å². The number of hydrogen-bond donors (Lipinski definition) is 2. The third-order valence-corrected chi connectivity index (χ3v) is 2.76. The zero-order valence-electron chi connectivity index (χ0n) is 9.87. The van der Waals surface area contributed by atoms with E-state index in [2.05, 4.69) is 17.3 Å². The molecule has 0 saturated carbocycles. The number of nitrogens with one attached hydrogen (secondary N) is 1. The van der Waals surface area contributed by atoms with Crippen LogP contribution in [0, 0.1) is 0 Å². The molecule has 0 aliphatic rings. The molecule has 0 aliphatic carbocycles. The van der Waals surface area contributed by atoms with Crippen LogP contribution in [0.2, 0.25) is 5.02 Å². The molecule has 0 amide bonds. The molecule has 5 heteroatoms. The van der Waals surface area contributed by atoms with Gasteiger partial charge in [0.15, 0.2) is 0 Å². The zero-order valence-corrected chi connectivity index (χ0v) is 10.6. The number of aryl methyl sites for hydroxylation is 2. The Kier molecular flexibility index (Phi) is 3.24. The third kappa shape index (κ3) is 2.53. The first-order valence-electron chi connectivity index (χ1n) is 5.44. The largest absolute Gasteiger partial charge is 0.397 e. The Balaban J connectivity index is 2.30. The van der Waals surface area contributed by atoms with Crippen molar-refractivity contribution >= 4 is 28.7 Å². The van der Waals surface area contributed by atoms with Crippen molar-refractivity contribution < 1.29 is 0 Å². The molecule has 0 radical (unpaired) electrons. The molecule has 0 atom stereocenters. The molecule has 0 saturated heterocycles. The maximum Gasteiger partial charge on any atom is 0.0856 e. The second-order valence-electron chi connectivity index (χ2n) is 3.87. The highest BCUT2D eigenvalue weighted by atomic mass is 35.5. The molecule has 2 rings (SSSR count). The van der Waals surface area contributed by atoms with Gasteiger partial charge in [0.2, 0.25) is 0 Å². The summed E-state index contributed by atoms with van der Waals surface area (Å²) in [6.45, 7) is 2.07. The van der Waals surface area contributed by atoms with Crippen molar-refractivity contribution in [3.8, 4) is 0 Å². The van der Waals surface area contributed by atoms with Crippen molar-refractivity contribution in [2.45, 2.75) is 13.3 Å². The Bertz CT molecular complexity index is 533. The standard InChI is InChI=1S/C12H15ClN4/c1-3-10-12(7-17(2)16-10)15-11-5-4-8(13)6-9(11)14/h4-7,15H,3,14H2,1-2H3. The van der Waals surface area contributed by atoms with Crippen molar-refractivity contribution in [2.75, 3.05) is 11.1 Å². The highest BCUT2D eigenvalue weighted by molar-refractivity contribution is 6.31. The molecule has 2 aromatic rings. The van der Waals surface area contributed by atoms with Gasteiger partial charge in [0, 0.05) is 18.3 Å². The minimum absolute atomic E-state index is 0.628. The Hall–Kier alpha value is -1.68. The van der Waals surface area contributed by atoms with Crippen molar-refractivity contribution in [1.82, 2.24) is 9.78 Å². The Morgan fingerprint density at radius 2 is 2.18 bits per heavy atom. The summed E-state index contributed by atoms with van der Waals surface area (Å²) in [5.41, 5.74) is 9.36. The molecule has 4 nitrogen and oxygen atoms in total. The molecule has 0 fully saturated rings. The summed E-state index contributed by atoms with van der Waals surface area (Å²) in [6, 6.07) is 5.40. The molecule has 0 unspecified atom stereocenters. The lowest BCUT2D eigenvalue weighted by molar-refractivity contribution is 0.746. The molecule has 0 spiro atoms. The summed E-state index contributed by atoms with van der Waals surface area (Å²) in [7, 11) is 1.90. The predicted octanol–water partition coefficient (Wildman–Crippen LogP) is 2.96. The lowest BCUT2D eigenvalue weighted by Gasteiger charge is -2.08. The topological polar surface area (TPSA) is 55.9 Å². The molecule has 1 aromatic carbocycles. The monoisotopic (exact) mass is 250 g/mol. The van der Waals surface area contributed by atoms with E-state index in [1.165, 1.54) is 0 Å². The quantitative estimate of drug-likeness (QED) is 0.824. The second-order valence-corrected chi connectivity index (χ2v) is 4.31. The number of halogens is 1. The highest BCUT2D eigenvalue weighted by Gasteiger charge is 2.07. The van der Waals surface area contributed by atoms with E-state index in [1.54, 1.807) is 10.7 Å². The summed E-state index contributed by atoms with van der Waals surface area (Å²) < 4.78 is 1.78. The zero-order chi connectivity index (χ0) is 12.4. The first-order chi connectivity index (χ1) is 8.10. The van der Waals surface area contributed by atoms with Crippen LogP contribution in [0.5, 0.6) is 0 Å². The number of nitrogens with two attached hydrogens (primary N) is 1. The van der Waals surface area contributed by atoms with E-state index in [0.717, 1.165) is 23.5 Å². The van der Waals surface area contributed by atoms with Crippen molar-refractivity contribution in [3.05, 3.63) is 35.1 Å². The van der Waals surface area contributed by atoms with Gasteiger partial charge in [0.05, 0.1) is 22.8 Å². The Labute approximate surface area is 105 Å². The maximum absolute atomic E-state index is 5.89. The molecular weight excluding hydrogens is 236 g/mol. The Morgan fingerprint density at radius 1 is 1.41 bits per heavy atom. The molecular formula is C12H15ClN4.